The van der Waals surface area contributed by atoms with E-state index in [2.05, 4.69) is 39.9 Å². The van der Waals surface area contributed by atoms with Crippen molar-refractivity contribution in [2.45, 2.75) is 26.3 Å². The molecule has 0 atom stereocenters. The zero-order valence-electron chi connectivity index (χ0n) is 17.2. The van der Waals surface area contributed by atoms with Gasteiger partial charge in [-0.3, -0.25) is 14.5 Å². The number of hydrogen-bond donors (Lipinski definition) is 2. The number of pyridine rings is 1. The van der Waals surface area contributed by atoms with Gasteiger partial charge in [0.1, 0.15) is 0 Å². The Hall–Kier alpha value is -3.67. The van der Waals surface area contributed by atoms with Crippen LogP contribution in [0.3, 0.4) is 0 Å². The lowest BCUT2D eigenvalue weighted by molar-refractivity contribution is 0.0963. The predicted molar refractivity (Wildman–Crippen MR) is 121 cm³/mol. The molecule has 30 heavy (non-hydrogen) atoms. The number of unbranched alkanes of at least 4 members (excludes halogenated alkanes) is 1. The van der Waals surface area contributed by atoms with Crippen LogP contribution in [0.4, 0.5) is 11.4 Å². The van der Waals surface area contributed by atoms with Crippen molar-refractivity contribution < 1.29 is 4.79 Å². The summed E-state index contributed by atoms with van der Waals surface area (Å²) in [6.45, 7) is 3.08. The fraction of sp³-hybridized carbons (Fsp3) is 0.208. The van der Waals surface area contributed by atoms with Crippen LogP contribution in [-0.4, -0.2) is 27.7 Å². The standard InChI is InChI=1S/C24H25N5O/c1-3-4-12-29-16-18(14-27-29)17-10-11-22-20(13-17)23(21(15-26-22)24(30)25-2)28-19-8-6-5-7-9-19/h5-11,13-16H,3-4,12H2,1-2H3,(H,25,30)(H,26,28). The highest BCUT2D eigenvalue weighted by Gasteiger charge is 2.16. The molecule has 6 nitrogen and oxygen atoms in total. The summed E-state index contributed by atoms with van der Waals surface area (Å²) in [5.41, 5.74) is 5.06. The maximum absolute atomic E-state index is 12.5. The molecule has 0 aliphatic heterocycles. The molecule has 0 aliphatic rings. The molecule has 0 radical (unpaired) electrons. The van der Waals surface area contributed by atoms with E-state index in [0.717, 1.165) is 52.8 Å². The lowest BCUT2D eigenvalue weighted by atomic mass is 10.0. The molecule has 0 aliphatic carbocycles. The first-order valence-corrected chi connectivity index (χ1v) is 10.2. The molecule has 0 saturated heterocycles. The van der Waals surface area contributed by atoms with Crippen molar-refractivity contribution in [1.82, 2.24) is 20.1 Å². The topological polar surface area (TPSA) is 71.8 Å². The molecule has 0 unspecified atom stereocenters. The van der Waals surface area contributed by atoms with Crippen LogP contribution >= 0.6 is 0 Å². The minimum absolute atomic E-state index is 0.180. The molecule has 4 aromatic rings. The number of nitrogens with zero attached hydrogens (tertiary/aromatic N) is 3. The Morgan fingerprint density at radius 3 is 2.67 bits per heavy atom. The Labute approximate surface area is 176 Å². The average molecular weight is 399 g/mol. The lowest BCUT2D eigenvalue weighted by Crippen LogP contribution is -2.19. The molecule has 0 bridgehead atoms. The molecule has 4 rings (SSSR count). The highest BCUT2D eigenvalue weighted by molar-refractivity contribution is 6.08. The summed E-state index contributed by atoms with van der Waals surface area (Å²) in [5.74, 6) is -0.180. The second-order valence-corrected chi connectivity index (χ2v) is 7.19. The highest BCUT2D eigenvalue weighted by atomic mass is 16.1. The third-order valence-corrected chi connectivity index (χ3v) is 5.09. The van der Waals surface area contributed by atoms with E-state index < -0.39 is 0 Å². The number of anilines is 2. The molecule has 152 valence electrons. The van der Waals surface area contributed by atoms with Gasteiger partial charge >= 0.3 is 0 Å². The Kier molecular flexibility index (Phi) is 5.75. The number of carbonyl (C=O) groups excluding carboxylic acids is 1. The maximum Gasteiger partial charge on any atom is 0.254 e. The van der Waals surface area contributed by atoms with Gasteiger partial charge in [0.25, 0.3) is 5.91 Å². The van der Waals surface area contributed by atoms with E-state index >= 15 is 0 Å². The van der Waals surface area contributed by atoms with Gasteiger partial charge in [-0.05, 0) is 36.2 Å². The first kappa shape index (κ1) is 19.6. The van der Waals surface area contributed by atoms with E-state index in [9.17, 15) is 4.79 Å². The number of para-hydroxylation sites is 1. The van der Waals surface area contributed by atoms with Crippen LogP contribution < -0.4 is 10.6 Å². The van der Waals surface area contributed by atoms with Crippen LogP contribution in [-0.2, 0) is 6.54 Å². The third kappa shape index (κ3) is 4.03. The third-order valence-electron chi connectivity index (χ3n) is 5.09. The second kappa shape index (κ2) is 8.78. The molecule has 6 heteroatoms. The van der Waals surface area contributed by atoms with Crippen LogP contribution in [0.2, 0.25) is 0 Å². The molecule has 0 fully saturated rings. The van der Waals surface area contributed by atoms with Gasteiger partial charge in [-0.25, -0.2) is 0 Å². The van der Waals surface area contributed by atoms with Crippen LogP contribution in [0.25, 0.3) is 22.0 Å². The number of aryl methyl sites for hydroxylation is 1. The van der Waals surface area contributed by atoms with E-state index in [-0.39, 0.29) is 5.91 Å². The molecule has 2 aromatic carbocycles. The molecule has 2 aromatic heterocycles. The molecular formula is C24H25N5O. The van der Waals surface area contributed by atoms with Crippen molar-refractivity contribution in [3.63, 3.8) is 0 Å². The van der Waals surface area contributed by atoms with Crippen molar-refractivity contribution in [1.29, 1.82) is 0 Å². The summed E-state index contributed by atoms with van der Waals surface area (Å²) in [6.07, 6.45) is 7.81. The van der Waals surface area contributed by atoms with Gasteiger partial charge in [0.05, 0.1) is 23.0 Å². The molecule has 2 N–H and O–H groups in total. The Bertz CT molecular complexity index is 1170. The quantitative estimate of drug-likeness (QED) is 0.459. The Morgan fingerprint density at radius 1 is 1.07 bits per heavy atom. The van der Waals surface area contributed by atoms with Gasteiger partial charge in [-0.2, -0.15) is 5.10 Å². The Balaban J connectivity index is 1.81. The van der Waals surface area contributed by atoms with E-state index in [1.807, 2.05) is 53.3 Å². The molecule has 2 heterocycles. The Morgan fingerprint density at radius 2 is 1.90 bits per heavy atom. The van der Waals surface area contributed by atoms with Crippen LogP contribution in [0.15, 0.2) is 67.1 Å². The summed E-state index contributed by atoms with van der Waals surface area (Å²) in [6, 6.07) is 15.9. The average Bonchev–Trinajstić information content (AvgIpc) is 3.27. The number of hydrogen-bond acceptors (Lipinski definition) is 4. The summed E-state index contributed by atoms with van der Waals surface area (Å²) >= 11 is 0. The van der Waals surface area contributed by atoms with Crippen molar-refractivity contribution in [2.75, 3.05) is 12.4 Å². The number of benzene rings is 2. The fourth-order valence-electron chi connectivity index (χ4n) is 3.43. The minimum atomic E-state index is -0.180. The van der Waals surface area contributed by atoms with Gasteiger partial charge in [-0.1, -0.05) is 37.6 Å². The smallest absolute Gasteiger partial charge is 0.254 e. The first-order chi connectivity index (χ1) is 14.7. The largest absolute Gasteiger partial charge is 0.355 e. The zero-order chi connectivity index (χ0) is 20.9. The molecule has 0 spiro atoms. The van der Waals surface area contributed by atoms with Gasteiger partial charge in [0.2, 0.25) is 0 Å². The molecule has 1 amide bonds. The van der Waals surface area contributed by atoms with Crippen molar-refractivity contribution in [3.8, 4) is 11.1 Å². The second-order valence-electron chi connectivity index (χ2n) is 7.19. The van der Waals surface area contributed by atoms with Gasteiger partial charge in [0, 0.05) is 42.6 Å². The normalized spacial score (nSPS) is 10.9. The van der Waals surface area contributed by atoms with Crippen LogP contribution in [0, 0.1) is 0 Å². The minimum Gasteiger partial charge on any atom is -0.355 e. The number of amides is 1. The van der Waals surface area contributed by atoms with Crippen LogP contribution in [0.5, 0.6) is 0 Å². The zero-order valence-corrected chi connectivity index (χ0v) is 17.2. The SMILES string of the molecule is CCCCn1cc(-c2ccc3ncc(C(=O)NC)c(Nc4ccccc4)c3c2)cn1. The monoisotopic (exact) mass is 399 g/mol. The van der Waals surface area contributed by atoms with E-state index in [0.29, 0.717) is 5.56 Å². The van der Waals surface area contributed by atoms with Crippen molar-refractivity contribution in [3.05, 3.63) is 72.7 Å². The van der Waals surface area contributed by atoms with E-state index in [1.165, 1.54) is 0 Å². The summed E-state index contributed by atoms with van der Waals surface area (Å²) in [7, 11) is 1.62. The molecule has 0 saturated carbocycles. The van der Waals surface area contributed by atoms with Gasteiger partial charge in [-0.15, -0.1) is 0 Å². The maximum atomic E-state index is 12.5. The number of carbonyl (C=O) groups is 1. The van der Waals surface area contributed by atoms with Crippen molar-refractivity contribution in [2.24, 2.45) is 0 Å². The van der Waals surface area contributed by atoms with Gasteiger partial charge in [0.15, 0.2) is 0 Å². The summed E-state index contributed by atoms with van der Waals surface area (Å²) in [4.78, 5) is 17.0. The highest BCUT2D eigenvalue weighted by Crippen LogP contribution is 2.32. The first-order valence-electron chi connectivity index (χ1n) is 10.2. The summed E-state index contributed by atoms with van der Waals surface area (Å²) in [5, 5.41) is 11.5. The number of nitrogens with one attached hydrogen (secondary N) is 2. The number of rotatable bonds is 7. The van der Waals surface area contributed by atoms with E-state index in [1.54, 1.807) is 13.2 Å². The fourth-order valence-corrected chi connectivity index (χ4v) is 3.43. The number of aromatic nitrogens is 3. The predicted octanol–water partition coefficient (Wildman–Crippen LogP) is 5.00. The molecular weight excluding hydrogens is 374 g/mol. The lowest BCUT2D eigenvalue weighted by Gasteiger charge is -2.15. The number of fused-ring (bicyclic) bond motifs is 1. The van der Waals surface area contributed by atoms with Crippen molar-refractivity contribution >= 4 is 28.2 Å². The summed E-state index contributed by atoms with van der Waals surface area (Å²) < 4.78 is 1.98. The van der Waals surface area contributed by atoms with Gasteiger partial charge < -0.3 is 10.6 Å². The van der Waals surface area contributed by atoms with E-state index in [4.69, 9.17) is 0 Å². The van der Waals surface area contributed by atoms with Crippen LogP contribution in [0.1, 0.15) is 30.1 Å².